The SMILES string of the molecule is Cc1cccc(C(=O)N2c3ccccc3NC(=O)C2C)c1. The van der Waals surface area contributed by atoms with Crippen LogP contribution in [0.1, 0.15) is 22.8 Å². The van der Waals surface area contributed by atoms with Crippen molar-refractivity contribution in [2.45, 2.75) is 19.9 Å². The van der Waals surface area contributed by atoms with Gasteiger partial charge in [0.1, 0.15) is 6.04 Å². The number of nitrogens with zero attached hydrogens (tertiary/aromatic N) is 1. The molecule has 21 heavy (non-hydrogen) atoms. The average molecular weight is 280 g/mol. The van der Waals surface area contributed by atoms with Gasteiger partial charge in [-0.05, 0) is 38.1 Å². The van der Waals surface area contributed by atoms with Crippen LogP contribution < -0.4 is 10.2 Å². The first kappa shape index (κ1) is 13.4. The summed E-state index contributed by atoms with van der Waals surface area (Å²) >= 11 is 0. The van der Waals surface area contributed by atoms with Gasteiger partial charge >= 0.3 is 0 Å². The lowest BCUT2D eigenvalue weighted by atomic mass is 10.1. The molecule has 0 saturated carbocycles. The molecule has 1 heterocycles. The monoisotopic (exact) mass is 280 g/mol. The first-order chi connectivity index (χ1) is 10.1. The van der Waals surface area contributed by atoms with Crippen molar-refractivity contribution in [2.75, 3.05) is 10.2 Å². The maximum Gasteiger partial charge on any atom is 0.259 e. The third kappa shape index (κ3) is 2.29. The summed E-state index contributed by atoms with van der Waals surface area (Å²) in [5.41, 5.74) is 3.01. The molecule has 2 amide bonds. The fourth-order valence-corrected chi connectivity index (χ4v) is 2.55. The fourth-order valence-electron chi connectivity index (χ4n) is 2.55. The maximum absolute atomic E-state index is 12.8. The standard InChI is InChI=1S/C17H16N2O2/c1-11-6-5-7-13(10-11)17(21)19-12(2)16(20)18-14-8-3-4-9-15(14)19/h3-10,12H,1-2H3,(H,18,20). The van der Waals surface area contributed by atoms with Crippen molar-refractivity contribution in [3.05, 3.63) is 59.7 Å². The van der Waals surface area contributed by atoms with E-state index in [-0.39, 0.29) is 11.8 Å². The molecule has 0 bridgehead atoms. The van der Waals surface area contributed by atoms with Gasteiger partial charge in [-0.3, -0.25) is 14.5 Å². The number of amides is 2. The molecule has 1 aliphatic rings. The number of hydrogen-bond acceptors (Lipinski definition) is 2. The second kappa shape index (κ2) is 5.05. The van der Waals surface area contributed by atoms with Crippen LogP contribution in [0.25, 0.3) is 0 Å². The Morgan fingerprint density at radius 2 is 1.90 bits per heavy atom. The summed E-state index contributed by atoms with van der Waals surface area (Å²) in [6.07, 6.45) is 0. The number of rotatable bonds is 1. The second-order valence-electron chi connectivity index (χ2n) is 5.23. The number of para-hydroxylation sites is 2. The van der Waals surface area contributed by atoms with Gasteiger partial charge in [-0.15, -0.1) is 0 Å². The van der Waals surface area contributed by atoms with Crippen molar-refractivity contribution >= 4 is 23.2 Å². The molecular weight excluding hydrogens is 264 g/mol. The predicted octanol–water partition coefficient (Wildman–Crippen LogP) is 2.98. The quantitative estimate of drug-likeness (QED) is 0.873. The minimum absolute atomic E-state index is 0.159. The Bertz CT molecular complexity index is 724. The lowest BCUT2D eigenvalue weighted by Crippen LogP contribution is -2.49. The van der Waals surface area contributed by atoms with Crippen LogP contribution in [0.5, 0.6) is 0 Å². The third-order valence-corrected chi connectivity index (χ3v) is 3.67. The minimum atomic E-state index is -0.534. The van der Waals surface area contributed by atoms with Gasteiger partial charge in [0.15, 0.2) is 0 Å². The minimum Gasteiger partial charge on any atom is -0.322 e. The number of anilines is 2. The van der Waals surface area contributed by atoms with Crippen LogP contribution in [0.15, 0.2) is 48.5 Å². The van der Waals surface area contributed by atoms with E-state index >= 15 is 0 Å². The zero-order valence-electron chi connectivity index (χ0n) is 12.0. The van der Waals surface area contributed by atoms with E-state index in [1.807, 2.05) is 43.3 Å². The van der Waals surface area contributed by atoms with Crippen LogP contribution in [-0.4, -0.2) is 17.9 Å². The molecule has 2 aromatic carbocycles. The first-order valence-electron chi connectivity index (χ1n) is 6.88. The van der Waals surface area contributed by atoms with Crippen molar-refractivity contribution < 1.29 is 9.59 Å². The molecule has 1 N–H and O–H groups in total. The summed E-state index contributed by atoms with van der Waals surface area (Å²) in [6.45, 7) is 3.68. The van der Waals surface area contributed by atoms with E-state index in [1.165, 1.54) is 0 Å². The molecule has 4 heteroatoms. The Morgan fingerprint density at radius 1 is 1.14 bits per heavy atom. The Balaban J connectivity index is 2.08. The first-order valence-corrected chi connectivity index (χ1v) is 6.88. The zero-order valence-corrected chi connectivity index (χ0v) is 12.0. The Labute approximate surface area is 123 Å². The van der Waals surface area contributed by atoms with E-state index in [9.17, 15) is 9.59 Å². The summed E-state index contributed by atoms with van der Waals surface area (Å²) < 4.78 is 0. The van der Waals surface area contributed by atoms with Crippen LogP contribution in [0.4, 0.5) is 11.4 Å². The highest BCUT2D eigenvalue weighted by Gasteiger charge is 2.33. The Hall–Kier alpha value is -2.62. The van der Waals surface area contributed by atoms with Crippen molar-refractivity contribution in [3.8, 4) is 0 Å². The highest BCUT2D eigenvalue weighted by Crippen LogP contribution is 2.32. The second-order valence-corrected chi connectivity index (χ2v) is 5.23. The highest BCUT2D eigenvalue weighted by molar-refractivity contribution is 6.16. The molecule has 2 aromatic rings. The number of benzene rings is 2. The summed E-state index contributed by atoms with van der Waals surface area (Å²) in [7, 11) is 0. The highest BCUT2D eigenvalue weighted by atomic mass is 16.2. The summed E-state index contributed by atoms with van der Waals surface area (Å²) in [4.78, 5) is 26.4. The van der Waals surface area contributed by atoms with Gasteiger partial charge in [0, 0.05) is 5.56 Å². The predicted molar refractivity (Wildman–Crippen MR) is 82.5 cm³/mol. The number of fused-ring (bicyclic) bond motifs is 1. The number of nitrogens with one attached hydrogen (secondary N) is 1. The molecule has 0 aliphatic carbocycles. The van der Waals surface area contributed by atoms with E-state index in [1.54, 1.807) is 24.0 Å². The van der Waals surface area contributed by atoms with Crippen LogP contribution in [0.3, 0.4) is 0 Å². The molecule has 1 atom stereocenters. The smallest absolute Gasteiger partial charge is 0.259 e. The van der Waals surface area contributed by atoms with E-state index in [2.05, 4.69) is 5.32 Å². The van der Waals surface area contributed by atoms with Crippen LogP contribution >= 0.6 is 0 Å². The lowest BCUT2D eigenvalue weighted by Gasteiger charge is -2.34. The molecule has 106 valence electrons. The van der Waals surface area contributed by atoms with Gasteiger partial charge in [-0.2, -0.15) is 0 Å². The van der Waals surface area contributed by atoms with E-state index in [0.29, 0.717) is 11.3 Å². The van der Waals surface area contributed by atoms with Crippen LogP contribution in [-0.2, 0) is 4.79 Å². The van der Waals surface area contributed by atoms with Crippen molar-refractivity contribution in [1.82, 2.24) is 0 Å². The van der Waals surface area contributed by atoms with Gasteiger partial charge in [-0.25, -0.2) is 0 Å². The van der Waals surface area contributed by atoms with E-state index in [0.717, 1.165) is 11.3 Å². The van der Waals surface area contributed by atoms with E-state index < -0.39 is 6.04 Å². The zero-order chi connectivity index (χ0) is 15.0. The molecule has 0 saturated heterocycles. The molecule has 0 spiro atoms. The summed E-state index contributed by atoms with van der Waals surface area (Å²) in [5.74, 6) is -0.330. The normalized spacial score (nSPS) is 17.1. The maximum atomic E-state index is 12.8. The summed E-state index contributed by atoms with van der Waals surface area (Å²) in [6, 6.07) is 14.2. The molecule has 1 aliphatic heterocycles. The molecule has 0 aromatic heterocycles. The fraction of sp³-hybridized carbons (Fsp3) is 0.176. The van der Waals surface area contributed by atoms with Gasteiger partial charge in [0.05, 0.1) is 11.4 Å². The van der Waals surface area contributed by atoms with Gasteiger partial charge in [-0.1, -0.05) is 29.8 Å². The molecule has 3 rings (SSSR count). The van der Waals surface area contributed by atoms with Gasteiger partial charge in [0.2, 0.25) is 5.91 Å². The largest absolute Gasteiger partial charge is 0.322 e. The van der Waals surface area contributed by atoms with Crippen molar-refractivity contribution in [3.63, 3.8) is 0 Å². The molecule has 4 nitrogen and oxygen atoms in total. The number of carbonyl (C=O) groups is 2. The number of aryl methyl sites for hydroxylation is 1. The topological polar surface area (TPSA) is 49.4 Å². The van der Waals surface area contributed by atoms with Crippen LogP contribution in [0.2, 0.25) is 0 Å². The Morgan fingerprint density at radius 3 is 2.67 bits per heavy atom. The number of hydrogen-bond donors (Lipinski definition) is 1. The lowest BCUT2D eigenvalue weighted by molar-refractivity contribution is -0.117. The number of carbonyl (C=O) groups excluding carboxylic acids is 2. The molecule has 0 fully saturated rings. The van der Waals surface area contributed by atoms with Crippen molar-refractivity contribution in [1.29, 1.82) is 0 Å². The van der Waals surface area contributed by atoms with Crippen LogP contribution in [0, 0.1) is 6.92 Å². The average Bonchev–Trinajstić information content (AvgIpc) is 2.48. The molecule has 0 radical (unpaired) electrons. The van der Waals surface area contributed by atoms with E-state index in [4.69, 9.17) is 0 Å². The third-order valence-electron chi connectivity index (χ3n) is 3.67. The summed E-state index contributed by atoms with van der Waals surface area (Å²) in [5, 5.41) is 2.82. The van der Waals surface area contributed by atoms with Gasteiger partial charge in [0.25, 0.3) is 5.91 Å². The molecule has 1 unspecified atom stereocenters. The Kier molecular flexibility index (Phi) is 3.22. The van der Waals surface area contributed by atoms with Gasteiger partial charge < -0.3 is 5.32 Å². The molecular formula is C17H16N2O2. The van der Waals surface area contributed by atoms with Crippen molar-refractivity contribution in [2.24, 2.45) is 0 Å².